The van der Waals surface area contributed by atoms with E-state index < -0.39 is 36.1 Å². The smallest absolute Gasteiger partial charge is 0.405 e. The predicted molar refractivity (Wildman–Crippen MR) is 112 cm³/mol. The van der Waals surface area contributed by atoms with Crippen molar-refractivity contribution in [1.82, 2.24) is 5.09 Å². The molecule has 0 saturated carbocycles. The Morgan fingerprint density at radius 3 is 2.00 bits per heavy atom. The molecule has 1 unspecified atom stereocenters. The minimum Gasteiger partial charge on any atom is -0.405 e. The third-order valence-corrected chi connectivity index (χ3v) is 5.36. The number of nitro benzene ring substituents is 1. The number of rotatable bonds is 8. The van der Waals surface area contributed by atoms with Crippen molar-refractivity contribution in [2.45, 2.75) is 33.7 Å². The highest BCUT2D eigenvalue weighted by molar-refractivity contribution is 7.52. The van der Waals surface area contributed by atoms with Crippen molar-refractivity contribution in [3.05, 3.63) is 64.7 Å². The summed E-state index contributed by atoms with van der Waals surface area (Å²) in [5.41, 5.74) is -1.09. The summed E-state index contributed by atoms with van der Waals surface area (Å²) in [6, 6.07) is 11.7. The zero-order valence-corrected chi connectivity index (χ0v) is 18.3. The van der Waals surface area contributed by atoms with Gasteiger partial charge in [0, 0.05) is 12.1 Å². The number of para-hydroxylation sites is 1. The highest BCUT2D eigenvalue weighted by Crippen LogP contribution is 2.45. The van der Waals surface area contributed by atoms with Gasteiger partial charge in [0.15, 0.2) is 0 Å². The van der Waals surface area contributed by atoms with Crippen molar-refractivity contribution >= 4 is 25.4 Å². The average molecular weight is 450 g/mol. The van der Waals surface area contributed by atoms with Crippen LogP contribution in [0.15, 0.2) is 54.6 Å². The molecule has 0 aliphatic rings. The SMILES string of the molecule is C[C@@H](NP(=O)(Oc1ccccc1)Oc1ccc([N+](=O)[O-])cc1)C(=O)OC(=O)C(C)(C)C. The first-order valence-electron chi connectivity index (χ1n) is 9.22. The van der Waals surface area contributed by atoms with E-state index in [1.807, 2.05) is 0 Å². The lowest BCUT2D eigenvalue weighted by Crippen LogP contribution is -2.38. The molecular weight excluding hydrogens is 427 g/mol. The Morgan fingerprint density at radius 1 is 1.00 bits per heavy atom. The van der Waals surface area contributed by atoms with E-state index >= 15 is 0 Å². The molecule has 31 heavy (non-hydrogen) atoms. The zero-order chi connectivity index (χ0) is 23.2. The van der Waals surface area contributed by atoms with Gasteiger partial charge in [0.1, 0.15) is 17.5 Å². The van der Waals surface area contributed by atoms with Crippen molar-refractivity contribution in [3.8, 4) is 11.5 Å². The standard InChI is InChI=1S/C20H23N2O8P/c1-14(18(23)28-19(24)20(2,3)4)21-31(27,29-16-8-6-5-7-9-16)30-17-12-10-15(11-13-17)22(25)26/h5-14H,1-4H3,(H,21,27)/t14-,31?/m1/s1. The first-order valence-corrected chi connectivity index (χ1v) is 10.8. The van der Waals surface area contributed by atoms with Crippen LogP contribution < -0.4 is 14.1 Å². The molecule has 0 bridgehead atoms. The van der Waals surface area contributed by atoms with Gasteiger partial charge in [0.25, 0.3) is 5.69 Å². The Hall–Kier alpha value is -3.23. The topological polar surface area (TPSA) is 134 Å². The number of nitro groups is 1. The number of hydrogen-bond donors (Lipinski definition) is 1. The molecule has 0 saturated heterocycles. The number of benzene rings is 2. The van der Waals surface area contributed by atoms with Crippen molar-refractivity contribution in [1.29, 1.82) is 0 Å². The van der Waals surface area contributed by atoms with Crippen molar-refractivity contribution in [3.63, 3.8) is 0 Å². The van der Waals surface area contributed by atoms with Crippen LogP contribution in [-0.4, -0.2) is 22.9 Å². The normalized spacial score (nSPS) is 14.1. The highest BCUT2D eigenvalue weighted by atomic mass is 31.2. The molecule has 0 amide bonds. The third-order valence-electron chi connectivity index (χ3n) is 3.75. The molecule has 1 N–H and O–H groups in total. The van der Waals surface area contributed by atoms with E-state index in [1.165, 1.54) is 43.3 Å². The minimum absolute atomic E-state index is 0.00343. The molecular formula is C20H23N2O8P. The number of nitrogens with zero attached hydrogens (tertiary/aromatic N) is 1. The number of carbonyl (C=O) groups excluding carboxylic acids is 2. The van der Waals surface area contributed by atoms with Crippen LogP contribution in [0.1, 0.15) is 27.7 Å². The van der Waals surface area contributed by atoms with Gasteiger partial charge >= 0.3 is 19.7 Å². The van der Waals surface area contributed by atoms with Gasteiger partial charge in [0.2, 0.25) is 0 Å². The van der Waals surface area contributed by atoms with Gasteiger partial charge in [-0.05, 0) is 52.0 Å². The molecule has 2 aromatic carbocycles. The van der Waals surface area contributed by atoms with Gasteiger partial charge in [0.05, 0.1) is 10.3 Å². The van der Waals surface area contributed by atoms with E-state index in [-0.39, 0.29) is 17.2 Å². The van der Waals surface area contributed by atoms with Crippen LogP contribution in [0.5, 0.6) is 11.5 Å². The number of carbonyl (C=O) groups is 2. The molecule has 0 fully saturated rings. The van der Waals surface area contributed by atoms with E-state index in [2.05, 4.69) is 5.09 Å². The van der Waals surface area contributed by atoms with Crippen LogP contribution in [0.2, 0.25) is 0 Å². The van der Waals surface area contributed by atoms with Crippen LogP contribution in [0.25, 0.3) is 0 Å². The van der Waals surface area contributed by atoms with Crippen LogP contribution >= 0.6 is 7.75 Å². The monoisotopic (exact) mass is 450 g/mol. The average Bonchev–Trinajstić information content (AvgIpc) is 2.68. The quantitative estimate of drug-likeness (QED) is 0.206. The second-order valence-corrected chi connectivity index (χ2v) is 9.17. The number of non-ortho nitro benzene ring substituents is 1. The summed E-state index contributed by atoms with van der Waals surface area (Å²) in [7, 11) is -4.23. The molecule has 2 aromatic rings. The van der Waals surface area contributed by atoms with E-state index in [4.69, 9.17) is 13.8 Å². The van der Waals surface area contributed by atoms with Crippen LogP contribution in [0.3, 0.4) is 0 Å². The third kappa shape index (κ3) is 7.20. The molecule has 10 nitrogen and oxygen atoms in total. The maximum Gasteiger partial charge on any atom is 0.513 e. The summed E-state index contributed by atoms with van der Waals surface area (Å²) in [5, 5.41) is 13.2. The van der Waals surface area contributed by atoms with Gasteiger partial charge in [-0.1, -0.05) is 18.2 Å². The van der Waals surface area contributed by atoms with Gasteiger partial charge in [-0.25, -0.2) is 9.36 Å². The molecule has 0 aliphatic heterocycles. The summed E-state index contributed by atoms with van der Waals surface area (Å²) < 4.78 is 29.1. The number of hydrogen-bond acceptors (Lipinski definition) is 8. The fourth-order valence-electron chi connectivity index (χ4n) is 2.08. The molecule has 166 valence electrons. The van der Waals surface area contributed by atoms with Crippen molar-refractivity contribution in [2.24, 2.45) is 5.41 Å². The van der Waals surface area contributed by atoms with Crippen molar-refractivity contribution < 1.29 is 32.9 Å². The fourth-order valence-corrected chi connectivity index (χ4v) is 3.60. The predicted octanol–water partition coefficient (Wildman–Crippen LogP) is 4.25. The van der Waals surface area contributed by atoms with E-state index in [9.17, 15) is 24.3 Å². The summed E-state index contributed by atoms with van der Waals surface area (Å²) in [5.74, 6) is -1.53. The Labute approximate surface area is 179 Å². The van der Waals surface area contributed by atoms with E-state index in [1.54, 1.807) is 39.0 Å². The first kappa shape index (κ1) is 24.0. The summed E-state index contributed by atoms with van der Waals surface area (Å²) in [4.78, 5) is 34.5. The summed E-state index contributed by atoms with van der Waals surface area (Å²) >= 11 is 0. The number of ether oxygens (including phenoxy) is 1. The molecule has 2 atom stereocenters. The lowest BCUT2D eigenvalue weighted by molar-refractivity contribution is -0.384. The number of nitrogens with one attached hydrogen (secondary N) is 1. The molecule has 0 radical (unpaired) electrons. The van der Waals surface area contributed by atoms with Gasteiger partial charge in [-0.15, -0.1) is 0 Å². The second kappa shape index (κ2) is 9.72. The Balaban J connectivity index is 2.23. The van der Waals surface area contributed by atoms with Gasteiger partial charge in [-0.3, -0.25) is 14.9 Å². The van der Waals surface area contributed by atoms with Crippen LogP contribution in [0.4, 0.5) is 5.69 Å². The van der Waals surface area contributed by atoms with Gasteiger partial charge < -0.3 is 13.8 Å². The Morgan fingerprint density at radius 2 is 1.52 bits per heavy atom. The van der Waals surface area contributed by atoms with E-state index in [0.29, 0.717) is 0 Å². The molecule has 0 heterocycles. The van der Waals surface area contributed by atoms with Crippen LogP contribution in [0, 0.1) is 15.5 Å². The first-order chi connectivity index (χ1) is 14.4. The summed E-state index contributed by atoms with van der Waals surface area (Å²) in [6.45, 7) is 6.09. The second-order valence-electron chi connectivity index (χ2n) is 7.55. The molecule has 11 heteroatoms. The largest absolute Gasteiger partial charge is 0.513 e. The molecule has 0 spiro atoms. The molecule has 2 rings (SSSR count). The molecule has 0 aromatic heterocycles. The maximum atomic E-state index is 13.4. The van der Waals surface area contributed by atoms with E-state index in [0.717, 1.165) is 0 Å². The molecule has 0 aliphatic carbocycles. The fraction of sp³-hybridized carbons (Fsp3) is 0.300. The lowest BCUT2D eigenvalue weighted by Gasteiger charge is -2.23. The number of esters is 2. The van der Waals surface area contributed by atoms with Crippen LogP contribution in [-0.2, 0) is 18.9 Å². The Bertz CT molecular complexity index is 986. The van der Waals surface area contributed by atoms with Crippen molar-refractivity contribution in [2.75, 3.05) is 0 Å². The maximum absolute atomic E-state index is 13.4. The minimum atomic E-state index is -4.23. The van der Waals surface area contributed by atoms with Gasteiger partial charge in [-0.2, -0.15) is 5.09 Å². The highest BCUT2D eigenvalue weighted by Gasteiger charge is 2.36. The Kier molecular flexibility index (Phi) is 7.54. The lowest BCUT2D eigenvalue weighted by atomic mass is 9.97. The zero-order valence-electron chi connectivity index (χ0n) is 17.4. The summed E-state index contributed by atoms with van der Waals surface area (Å²) in [6.07, 6.45) is 0.